The quantitative estimate of drug-likeness (QED) is 0.649. The fourth-order valence-electron chi connectivity index (χ4n) is 1.32. The van der Waals surface area contributed by atoms with E-state index in [1.165, 1.54) is 0 Å². The second-order valence-electron chi connectivity index (χ2n) is 3.51. The molecular weight excluding hydrogens is 178 g/mol. The predicted octanol–water partition coefficient (Wildman–Crippen LogP) is 0.576. The summed E-state index contributed by atoms with van der Waals surface area (Å²) >= 11 is 0. The predicted molar refractivity (Wildman–Crippen MR) is 45.8 cm³/mol. The molecule has 0 aromatic rings. The molecule has 4 nitrogen and oxygen atoms in total. The molecule has 0 aromatic carbocycles. The van der Waals surface area contributed by atoms with Crippen LogP contribution in [0.3, 0.4) is 0 Å². The van der Waals surface area contributed by atoms with Crippen molar-refractivity contribution in [2.75, 3.05) is 6.61 Å². The van der Waals surface area contributed by atoms with Gasteiger partial charge in [0.1, 0.15) is 0 Å². The molecule has 1 saturated heterocycles. The first kappa shape index (κ1) is 9.70. The first-order valence-corrected chi connectivity index (χ1v) is 5.07. The van der Waals surface area contributed by atoms with Crippen LogP contribution in [0.1, 0.15) is 20.3 Å². The molecule has 0 bridgehead atoms. The van der Waals surface area contributed by atoms with Crippen LogP contribution in [-0.2, 0) is 14.5 Å². The Morgan fingerprint density at radius 1 is 1.75 bits per heavy atom. The van der Waals surface area contributed by atoms with Crippen molar-refractivity contribution < 1.29 is 12.6 Å². The monoisotopic (exact) mass is 191 g/mol. The van der Waals surface area contributed by atoms with E-state index in [1.807, 2.05) is 6.92 Å². The Bertz CT molecular complexity index is 296. The van der Waals surface area contributed by atoms with E-state index in [1.54, 1.807) is 6.92 Å². The van der Waals surface area contributed by atoms with Crippen molar-refractivity contribution in [3.8, 4) is 0 Å². The highest BCUT2D eigenvalue weighted by Gasteiger charge is 2.38. The zero-order chi connectivity index (χ0) is 9.41. The first-order chi connectivity index (χ1) is 5.33. The molecule has 5 heteroatoms. The minimum atomic E-state index is -3.49. The highest BCUT2D eigenvalue weighted by molar-refractivity contribution is 7.85. The van der Waals surface area contributed by atoms with Crippen LogP contribution >= 0.6 is 0 Å². The van der Waals surface area contributed by atoms with Gasteiger partial charge in [-0.25, -0.2) is 0 Å². The van der Waals surface area contributed by atoms with Gasteiger partial charge >= 0.3 is 10.3 Å². The summed E-state index contributed by atoms with van der Waals surface area (Å²) in [5, 5.41) is 0. The lowest BCUT2D eigenvalue weighted by atomic mass is 9.97. The van der Waals surface area contributed by atoms with Crippen LogP contribution in [0.25, 0.3) is 0 Å². The molecular formula is C7H13NO3S. The molecule has 0 spiro atoms. The smallest absolute Gasteiger partial charge is 0.256 e. The molecule has 70 valence electrons. The van der Waals surface area contributed by atoms with Crippen LogP contribution in [0.4, 0.5) is 0 Å². The highest BCUT2D eigenvalue weighted by atomic mass is 32.2. The molecule has 0 amide bonds. The van der Waals surface area contributed by atoms with Crippen molar-refractivity contribution in [2.45, 2.75) is 25.8 Å². The number of hydrogen-bond acceptors (Lipinski definition) is 3. The van der Waals surface area contributed by atoms with E-state index in [2.05, 4.69) is 15.5 Å². The molecule has 0 aromatic heterocycles. The third kappa shape index (κ3) is 2.30. The molecule has 1 heterocycles. The molecule has 1 unspecified atom stereocenters. The normalized spacial score (nSPS) is 33.5. The van der Waals surface area contributed by atoms with Crippen molar-refractivity contribution >= 4 is 10.3 Å². The van der Waals surface area contributed by atoms with E-state index in [9.17, 15) is 8.42 Å². The van der Waals surface area contributed by atoms with E-state index in [-0.39, 0.29) is 6.61 Å². The molecule has 1 atom stereocenters. The first-order valence-electron chi connectivity index (χ1n) is 3.66. The molecule has 1 fully saturated rings. The van der Waals surface area contributed by atoms with Crippen molar-refractivity contribution in [1.82, 2.24) is 4.72 Å². The molecule has 12 heavy (non-hydrogen) atoms. The average molecular weight is 191 g/mol. The highest BCUT2D eigenvalue weighted by Crippen LogP contribution is 2.22. The third-order valence-corrected chi connectivity index (χ3v) is 2.77. The molecule has 1 N–H and O–H groups in total. The molecule has 0 saturated carbocycles. The van der Waals surface area contributed by atoms with Crippen molar-refractivity contribution in [1.29, 1.82) is 0 Å². The van der Waals surface area contributed by atoms with Crippen molar-refractivity contribution in [3.63, 3.8) is 0 Å². The topological polar surface area (TPSA) is 55.4 Å². The second kappa shape index (κ2) is 2.83. The van der Waals surface area contributed by atoms with Gasteiger partial charge in [-0.15, -0.1) is 6.58 Å². The van der Waals surface area contributed by atoms with Crippen LogP contribution in [-0.4, -0.2) is 20.6 Å². The Morgan fingerprint density at radius 3 is 2.67 bits per heavy atom. The second-order valence-corrected chi connectivity index (χ2v) is 4.86. The standard InChI is InChI=1S/C7H13NO3S/c1-6(2)4-7(3)5-11-12(9,10)8-7/h8H,1,4-5H2,2-3H3. The molecule has 1 aliphatic heterocycles. The van der Waals surface area contributed by atoms with E-state index < -0.39 is 15.8 Å². The van der Waals surface area contributed by atoms with Crippen molar-refractivity contribution in [2.24, 2.45) is 0 Å². The van der Waals surface area contributed by atoms with E-state index in [4.69, 9.17) is 0 Å². The lowest BCUT2D eigenvalue weighted by molar-refractivity contribution is 0.282. The van der Waals surface area contributed by atoms with Gasteiger partial charge in [0, 0.05) is 0 Å². The fourth-order valence-corrected chi connectivity index (χ4v) is 2.53. The molecule has 1 rings (SSSR count). The summed E-state index contributed by atoms with van der Waals surface area (Å²) in [5.41, 5.74) is 0.427. The largest absolute Gasteiger partial charge is 0.336 e. The van der Waals surface area contributed by atoms with Crippen LogP contribution in [0.15, 0.2) is 12.2 Å². The van der Waals surface area contributed by atoms with Gasteiger partial charge in [-0.2, -0.15) is 13.1 Å². The lowest BCUT2D eigenvalue weighted by Gasteiger charge is -2.19. The average Bonchev–Trinajstić information content (AvgIpc) is 2.03. The zero-order valence-corrected chi connectivity index (χ0v) is 8.07. The SMILES string of the molecule is C=C(C)CC1(C)COS(=O)(=O)N1. The molecule has 0 radical (unpaired) electrons. The fraction of sp³-hybridized carbons (Fsp3) is 0.714. The van der Waals surface area contributed by atoms with Gasteiger partial charge in [0.15, 0.2) is 0 Å². The zero-order valence-electron chi connectivity index (χ0n) is 7.25. The van der Waals surface area contributed by atoms with Crippen LogP contribution < -0.4 is 4.72 Å². The van der Waals surface area contributed by atoms with Gasteiger partial charge in [0.2, 0.25) is 0 Å². The van der Waals surface area contributed by atoms with Gasteiger partial charge in [0.25, 0.3) is 0 Å². The lowest BCUT2D eigenvalue weighted by Crippen LogP contribution is -2.40. The van der Waals surface area contributed by atoms with E-state index in [0.717, 1.165) is 5.57 Å². The Labute approximate surface area is 72.9 Å². The summed E-state index contributed by atoms with van der Waals surface area (Å²) in [6.07, 6.45) is 0.603. The summed E-state index contributed by atoms with van der Waals surface area (Å²) in [6.45, 7) is 7.56. The summed E-state index contributed by atoms with van der Waals surface area (Å²) in [6, 6.07) is 0. The minimum Gasteiger partial charge on any atom is -0.256 e. The van der Waals surface area contributed by atoms with E-state index in [0.29, 0.717) is 6.42 Å². The number of rotatable bonds is 2. The van der Waals surface area contributed by atoms with E-state index >= 15 is 0 Å². The Hall–Kier alpha value is -0.390. The maximum atomic E-state index is 10.9. The summed E-state index contributed by atoms with van der Waals surface area (Å²) in [4.78, 5) is 0. The van der Waals surface area contributed by atoms with Crippen LogP contribution in [0.2, 0.25) is 0 Å². The summed E-state index contributed by atoms with van der Waals surface area (Å²) < 4.78 is 28.7. The number of hydrogen-bond donors (Lipinski definition) is 1. The van der Waals surface area contributed by atoms with Gasteiger partial charge < -0.3 is 0 Å². The van der Waals surface area contributed by atoms with Crippen LogP contribution in [0.5, 0.6) is 0 Å². The van der Waals surface area contributed by atoms with Gasteiger partial charge in [-0.1, -0.05) is 5.57 Å². The Morgan fingerprint density at radius 2 is 2.33 bits per heavy atom. The van der Waals surface area contributed by atoms with Gasteiger partial charge in [-0.05, 0) is 20.3 Å². The minimum absolute atomic E-state index is 0.183. The summed E-state index contributed by atoms with van der Waals surface area (Å²) in [5.74, 6) is 0. The molecule has 1 aliphatic rings. The molecule has 0 aliphatic carbocycles. The van der Waals surface area contributed by atoms with Crippen LogP contribution in [0, 0.1) is 0 Å². The third-order valence-electron chi connectivity index (χ3n) is 1.60. The van der Waals surface area contributed by atoms with Gasteiger partial charge in [0.05, 0.1) is 12.1 Å². The summed E-state index contributed by atoms with van der Waals surface area (Å²) in [7, 11) is -3.49. The Kier molecular flexibility index (Phi) is 2.29. The maximum Gasteiger partial charge on any atom is 0.336 e. The number of nitrogens with one attached hydrogen (secondary N) is 1. The Balaban J connectivity index is 2.71. The van der Waals surface area contributed by atoms with Crippen molar-refractivity contribution in [3.05, 3.63) is 12.2 Å². The maximum absolute atomic E-state index is 10.9. The van der Waals surface area contributed by atoms with Gasteiger partial charge in [-0.3, -0.25) is 4.18 Å².